The van der Waals surface area contributed by atoms with Crippen LogP contribution in [0.3, 0.4) is 0 Å². The van der Waals surface area contributed by atoms with E-state index in [1.54, 1.807) is 29.7 Å². The van der Waals surface area contributed by atoms with Crippen molar-refractivity contribution in [3.63, 3.8) is 0 Å². The maximum absolute atomic E-state index is 12.0. The SMILES string of the molecule is O=C(Nc1ccc(Br)cn1)c1cc(-c2cccs2)[nH]n1. The van der Waals surface area contributed by atoms with Crippen LogP contribution >= 0.6 is 27.3 Å². The van der Waals surface area contributed by atoms with Crippen LogP contribution in [0.2, 0.25) is 0 Å². The largest absolute Gasteiger partial charge is 0.305 e. The first kappa shape index (κ1) is 13.0. The molecule has 0 radical (unpaired) electrons. The summed E-state index contributed by atoms with van der Waals surface area (Å²) in [5, 5.41) is 11.5. The van der Waals surface area contributed by atoms with Crippen molar-refractivity contribution in [1.29, 1.82) is 0 Å². The highest BCUT2D eigenvalue weighted by atomic mass is 79.9. The molecule has 0 aliphatic carbocycles. The van der Waals surface area contributed by atoms with Crippen LogP contribution in [0.1, 0.15) is 10.5 Å². The first-order chi connectivity index (χ1) is 9.72. The topological polar surface area (TPSA) is 70.7 Å². The molecule has 7 heteroatoms. The first-order valence-electron chi connectivity index (χ1n) is 5.74. The Hall–Kier alpha value is -1.99. The van der Waals surface area contributed by atoms with Crippen LogP contribution in [0.4, 0.5) is 5.82 Å². The summed E-state index contributed by atoms with van der Waals surface area (Å²) in [7, 11) is 0. The van der Waals surface area contributed by atoms with E-state index in [1.807, 2.05) is 23.6 Å². The maximum atomic E-state index is 12.0. The number of thiophene rings is 1. The van der Waals surface area contributed by atoms with Gasteiger partial charge in [0.25, 0.3) is 5.91 Å². The number of aromatic amines is 1. The van der Waals surface area contributed by atoms with Crippen molar-refractivity contribution in [3.8, 4) is 10.6 Å². The van der Waals surface area contributed by atoms with E-state index in [0.29, 0.717) is 11.5 Å². The lowest BCUT2D eigenvalue weighted by molar-refractivity contribution is 0.102. The monoisotopic (exact) mass is 348 g/mol. The van der Waals surface area contributed by atoms with E-state index in [4.69, 9.17) is 0 Å². The molecular formula is C13H9BrN4OS. The number of halogens is 1. The van der Waals surface area contributed by atoms with E-state index in [9.17, 15) is 4.79 Å². The minimum Gasteiger partial charge on any atom is -0.305 e. The molecule has 0 aromatic carbocycles. The van der Waals surface area contributed by atoms with Crippen molar-refractivity contribution in [3.05, 3.63) is 52.1 Å². The molecule has 3 rings (SSSR count). The molecule has 2 N–H and O–H groups in total. The summed E-state index contributed by atoms with van der Waals surface area (Å²) in [6.07, 6.45) is 1.62. The number of nitrogens with zero attached hydrogens (tertiary/aromatic N) is 2. The molecule has 100 valence electrons. The highest BCUT2D eigenvalue weighted by Gasteiger charge is 2.12. The maximum Gasteiger partial charge on any atom is 0.277 e. The van der Waals surface area contributed by atoms with E-state index in [0.717, 1.165) is 15.0 Å². The second kappa shape index (κ2) is 5.56. The third kappa shape index (κ3) is 2.78. The summed E-state index contributed by atoms with van der Waals surface area (Å²) in [5.41, 5.74) is 1.16. The van der Waals surface area contributed by atoms with E-state index >= 15 is 0 Å². The lowest BCUT2D eigenvalue weighted by Crippen LogP contribution is -2.13. The van der Waals surface area contributed by atoms with Gasteiger partial charge in [-0.2, -0.15) is 5.10 Å². The fraction of sp³-hybridized carbons (Fsp3) is 0. The molecule has 5 nitrogen and oxygen atoms in total. The molecular weight excluding hydrogens is 340 g/mol. The molecule has 3 heterocycles. The predicted octanol–water partition coefficient (Wildman–Crippen LogP) is 3.55. The molecule has 0 aliphatic heterocycles. The summed E-state index contributed by atoms with van der Waals surface area (Å²) in [4.78, 5) is 17.2. The molecule has 0 saturated carbocycles. The van der Waals surface area contributed by atoms with Crippen LogP contribution in [0.5, 0.6) is 0 Å². The smallest absolute Gasteiger partial charge is 0.277 e. The molecule has 0 aliphatic rings. The quantitative estimate of drug-likeness (QED) is 0.760. The fourth-order valence-corrected chi connectivity index (χ4v) is 2.55. The Labute approximate surface area is 127 Å². The zero-order valence-electron chi connectivity index (χ0n) is 10.1. The van der Waals surface area contributed by atoms with E-state index in [1.165, 1.54) is 0 Å². The molecule has 0 spiro atoms. The summed E-state index contributed by atoms with van der Waals surface area (Å²) in [6, 6.07) is 9.17. The molecule has 3 aromatic heterocycles. The number of hydrogen-bond acceptors (Lipinski definition) is 4. The normalized spacial score (nSPS) is 10.4. The van der Waals surface area contributed by atoms with Gasteiger partial charge in [-0.15, -0.1) is 11.3 Å². The van der Waals surface area contributed by atoms with Crippen LogP contribution in [0.15, 0.2) is 46.4 Å². The van der Waals surface area contributed by atoms with E-state index in [-0.39, 0.29) is 5.91 Å². The van der Waals surface area contributed by atoms with Crippen LogP contribution in [-0.2, 0) is 0 Å². The van der Waals surface area contributed by atoms with Gasteiger partial charge in [-0.1, -0.05) is 6.07 Å². The van der Waals surface area contributed by atoms with Gasteiger partial charge in [-0.05, 0) is 45.6 Å². The number of aromatic nitrogens is 3. The predicted molar refractivity (Wildman–Crippen MR) is 81.8 cm³/mol. The molecule has 0 atom stereocenters. The Kier molecular flexibility index (Phi) is 3.62. The lowest BCUT2D eigenvalue weighted by atomic mass is 10.3. The van der Waals surface area contributed by atoms with Gasteiger partial charge >= 0.3 is 0 Å². The van der Waals surface area contributed by atoms with Gasteiger partial charge in [0.05, 0.1) is 10.6 Å². The molecule has 0 saturated heterocycles. The number of H-pyrrole nitrogens is 1. The van der Waals surface area contributed by atoms with Gasteiger partial charge in [0.15, 0.2) is 5.69 Å². The van der Waals surface area contributed by atoms with E-state index < -0.39 is 0 Å². The average molecular weight is 349 g/mol. The van der Waals surface area contributed by atoms with Crippen molar-refractivity contribution >= 4 is 39.0 Å². The standard InChI is InChI=1S/C13H9BrN4OS/c14-8-3-4-12(15-7-8)16-13(19)10-6-9(17-18-10)11-2-1-5-20-11/h1-7H,(H,17,18)(H,15,16,19). The Morgan fingerprint density at radius 2 is 2.25 bits per heavy atom. The number of amides is 1. The highest BCUT2D eigenvalue weighted by molar-refractivity contribution is 9.10. The van der Waals surface area contributed by atoms with Gasteiger partial charge in [0, 0.05) is 10.7 Å². The zero-order valence-corrected chi connectivity index (χ0v) is 12.5. The second-order valence-corrected chi connectivity index (χ2v) is 5.82. The Balaban J connectivity index is 1.76. The molecule has 0 fully saturated rings. The minimum atomic E-state index is -0.293. The number of rotatable bonds is 3. The number of anilines is 1. The number of carbonyl (C=O) groups excluding carboxylic acids is 1. The van der Waals surface area contributed by atoms with E-state index in [2.05, 4.69) is 36.4 Å². The van der Waals surface area contributed by atoms with Crippen LogP contribution in [0.25, 0.3) is 10.6 Å². The third-order valence-corrected chi connectivity index (χ3v) is 3.94. The van der Waals surface area contributed by atoms with Gasteiger partial charge in [-0.25, -0.2) is 4.98 Å². The average Bonchev–Trinajstić information content (AvgIpc) is 3.11. The first-order valence-corrected chi connectivity index (χ1v) is 7.42. The summed E-state index contributed by atoms with van der Waals surface area (Å²) >= 11 is 4.88. The minimum absolute atomic E-state index is 0.293. The number of hydrogen-bond donors (Lipinski definition) is 2. The van der Waals surface area contributed by atoms with Gasteiger partial charge in [0.2, 0.25) is 0 Å². The van der Waals surface area contributed by atoms with Crippen molar-refractivity contribution in [1.82, 2.24) is 15.2 Å². The Morgan fingerprint density at radius 1 is 1.35 bits per heavy atom. The lowest BCUT2D eigenvalue weighted by Gasteiger charge is -2.01. The van der Waals surface area contributed by atoms with Crippen LogP contribution in [-0.4, -0.2) is 21.1 Å². The van der Waals surface area contributed by atoms with Gasteiger partial charge in [0.1, 0.15) is 5.82 Å². The molecule has 3 aromatic rings. The number of nitrogens with one attached hydrogen (secondary N) is 2. The molecule has 20 heavy (non-hydrogen) atoms. The van der Waals surface area contributed by atoms with Crippen molar-refractivity contribution in [2.75, 3.05) is 5.32 Å². The van der Waals surface area contributed by atoms with Crippen LogP contribution < -0.4 is 5.32 Å². The van der Waals surface area contributed by atoms with Crippen molar-refractivity contribution in [2.24, 2.45) is 0 Å². The second-order valence-electron chi connectivity index (χ2n) is 3.96. The number of pyridine rings is 1. The zero-order chi connectivity index (χ0) is 13.9. The summed E-state index contributed by atoms with van der Waals surface area (Å²) < 4.78 is 0.857. The summed E-state index contributed by atoms with van der Waals surface area (Å²) in [6.45, 7) is 0. The fourth-order valence-electron chi connectivity index (χ4n) is 1.63. The molecule has 0 unspecified atom stereocenters. The van der Waals surface area contributed by atoms with Gasteiger partial charge in [-0.3, -0.25) is 9.89 Å². The highest BCUT2D eigenvalue weighted by Crippen LogP contribution is 2.23. The Bertz CT molecular complexity index is 721. The van der Waals surface area contributed by atoms with Crippen LogP contribution in [0, 0.1) is 0 Å². The third-order valence-electron chi connectivity index (χ3n) is 2.57. The van der Waals surface area contributed by atoms with Gasteiger partial charge < -0.3 is 5.32 Å². The molecule has 1 amide bonds. The number of carbonyl (C=O) groups is 1. The Morgan fingerprint density at radius 3 is 2.95 bits per heavy atom. The molecule has 0 bridgehead atoms. The van der Waals surface area contributed by atoms with Crippen molar-refractivity contribution < 1.29 is 4.79 Å². The summed E-state index contributed by atoms with van der Waals surface area (Å²) in [5.74, 6) is 0.192. The van der Waals surface area contributed by atoms with Crippen molar-refractivity contribution in [2.45, 2.75) is 0 Å².